The van der Waals surface area contributed by atoms with E-state index in [4.69, 9.17) is 10.5 Å². The molecular formula is C8H14N3O2. The first-order valence-electron chi connectivity index (χ1n) is 4.56. The normalized spacial score (nSPS) is 33.2. The number of carbonyl (C=O) groups excluding carboxylic acids is 1. The summed E-state index contributed by atoms with van der Waals surface area (Å²) in [5.74, 6) is 0.0141. The molecule has 2 rings (SSSR count). The summed E-state index contributed by atoms with van der Waals surface area (Å²) in [7, 11) is 0. The van der Waals surface area contributed by atoms with Crippen LogP contribution in [0.4, 0.5) is 0 Å². The minimum atomic E-state index is 0.0141. The van der Waals surface area contributed by atoms with Crippen molar-refractivity contribution in [1.82, 2.24) is 10.2 Å². The number of ether oxygens (including phenoxy) is 1. The van der Waals surface area contributed by atoms with Crippen molar-refractivity contribution in [2.45, 2.75) is 12.2 Å². The molecule has 5 heteroatoms. The van der Waals surface area contributed by atoms with Gasteiger partial charge in [-0.15, -0.1) is 0 Å². The van der Waals surface area contributed by atoms with Crippen molar-refractivity contribution in [3.63, 3.8) is 0 Å². The van der Waals surface area contributed by atoms with E-state index in [1.165, 1.54) is 0 Å². The Morgan fingerprint density at radius 1 is 1.46 bits per heavy atom. The maximum absolute atomic E-state index is 11.3. The monoisotopic (exact) mass is 184 g/mol. The number of nitrogens with zero attached hydrogens (tertiary/aromatic N) is 2. The van der Waals surface area contributed by atoms with E-state index in [2.05, 4.69) is 5.32 Å². The van der Waals surface area contributed by atoms with Crippen LogP contribution in [0.2, 0.25) is 0 Å². The van der Waals surface area contributed by atoms with Gasteiger partial charge >= 0.3 is 0 Å². The minimum absolute atomic E-state index is 0.0141. The van der Waals surface area contributed by atoms with E-state index in [0.717, 1.165) is 0 Å². The third kappa shape index (κ3) is 1.82. The van der Waals surface area contributed by atoms with Gasteiger partial charge in [-0.2, -0.15) is 0 Å². The third-order valence-corrected chi connectivity index (χ3v) is 2.43. The van der Waals surface area contributed by atoms with E-state index >= 15 is 0 Å². The van der Waals surface area contributed by atoms with Gasteiger partial charge in [0.15, 0.2) is 0 Å². The summed E-state index contributed by atoms with van der Waals surface area (Å²) in [5.41, 5.74) is 5.30. The van der Waals surface area contributed by atoms with Crippen molar-refractivity contribution in [2.24, 2.45) is 5.73 Å². The Bertz CT molecular complexity index is 198. The molecule has 1 radical (unpaired) electrons. The highest BCUT2D eigenvalue weighted by Crippen LogP contribution is 2.14. The van der Waals surface area contributed by atoms with Gasteiger partial charge in [-0.3, -0.25) is 4.79 Å². The molecule has 5 nitrogen and oxygen atoms in total. The van der Waals surface area contributed by atoms with Crippen LogP contribution in [0.15, 0.2) is 0 Å². The number of rotatable bonds is 1. The fourth-order valence-electron chi connectivity index (χ4n) is 1.82. The zero-order chi connectivity index (χ0) is 9.26. The summed E-state index contributed by atoms with van der Waals surface area (Å²) >= 11 is 0. The molecule has 2 atom stereocenters. The SMILES string of the molecule is NCC(=O)N1CC2C[N]CC(C1)O2. The van der Waals surface area contributed by atoms with Crippen molar-refractivity contribution in [1.29, 1.82) is 0 Å². The number of amides is 1. The van der Waals surface area contributed by atoms with E-state index in [0.29, 0.717) is 26.2 Å². The molecule has 0 aromatic rings. The first-order chi connectivity index (χ1) is 6.29. The van der Waals surface area contributed by atoms with Crippen molar-refractivity contribution in [3.05, 3.63) is 0 Å². The molecule has 2 saturated heterocycles. The molecule has 2 unspecified atom stereocenters. The number of nitrogens with two attached hydrogens (primary N) is 1. The Morgan fingerprint density at radius 3 is 2.62 bits per heavy atom. The van der Waals surface area contributed by atoms with Gasteiger partial charge in [-0.1, -0.05) is 0 Å². The van der Waals surface area contributed by atoms with Crippen molar-refractivity contribution < 1.29 is 9.53 Å². The quantitative estimate of drug-likeness (QED) is 0.520. The van der Waals surface area contributed by atoms with Crippen LogP contribution < -0.4 is 11.1 Å². The first-order valence-corrected chi connectivity index (χ1v) is 4.56. The Balaban J connectivity index is 1.97. The molecule has 73 valence electrons. The molecule has 13 heavy (non-hydrogen) atoms. The summed E-state index contributed by atoms with van der Waals surface area (Å²) < 4.78 is 5.62. The van der Waals surface area contributed by atoms with Crippen LogP contribution in [-0.2, 0) is 9.53 Å². The minimum Gasteiger partial charge on any atom is -0.369 e. The van der Waals surface area contributed by atoms with Crippen LogP contribution in [0.3, 0.4) is 0 Å². The predicted molar refractivity (Wildman–Crippen MR) is 46.2 cm³/mol. The lowest BCUT2D eigenvalue weighted by atomic mass is 10.1. The Kier molecular flexibility index (Phi) is 2.48. The lowest BCUT2D eigenvalue weighted by Crippen LogP contribution is -2.58. The first kappa shape index (κ1) is 8.93. The topological polar surface area (TPSA) is 69.7 Å². The second-order valence-electron chi connectivity index (χ2n) is 3.47. The number of carbonyl (C=O) groups is 1. The largest absolute Gasteiger partial charge is 0.369 e. The third-order valence-electron chi connectivity index (χ3n) is 2.43. The van der Waals surface area contributed by atoms with Crippen molar-refractivity contribution >= 4 is 5.91 Å². The summed E-state index contributed by atoms with van der Waals surface area (Å²) in [5, 5.41) is 4.29. The molecule has 2 aliphatic heterocycles. The standard InChI is InChI=1S/C8H14N3O2/c9-1-8(12)11-4-6-2-10-3-7(5-11)13-6/h6-7H,1-5,9H2. The number of fused-ring (bicyclic) bond motifs is 2. The van der Waals surface area contributed by atoms with Crippen LogP contribution in [0, 0.1) is 0 Å². The molecule has 2 fully saturated rings. The Morgan fingerprint density at radius 2 is 2.08 bits per heavy atom. The van der Waals surface area contributed by atoms with Crippen molar-refractivity contribution in [3.8, 4) is 0 Å². The van der Waals surface area contributed by atoms with E-state index < -0.39 is 0 Å². The molecule has 2 heterocycles. The zero-order valence-corrected chi connectivity index (χ0v) is 7.48. The summed E-state index contributed by atoms with van der Waals surface area (Å²) in [6, 6.07) is 0. The van der Waals surface area contributed by atoms with Gasteiger partial charge < -0.3 is 15.4 Å². The molecule has 2 N–H and O–H groups in total. The van der Waals surface area contributed by atoms with E-state index in [-0.39, 0.29) is 24.7 Å². The fraction of sp³-hybridized carbons (Fsp3) is 0.875. The van der Waals surface area contributed by atoms with E-state index in [9.17, 15) is 4.79 Å². The van der Waals surface area contributed by atoms with Crippen molar-refractivity contribution in [2.75, 3.05) is 32.7 Å². The molecule has 2 aliphatic rings. The molecule has 0 aromatic heterocycles. The molecule has 0 aliphatic carbocycles. The Labute approximate surface area is 77.2 Å². The summed E-state index contributed by atoms with van der Waals surface area (Å²) in [4.78, 5) is 13.1. The van der Waals surface area contributed by atoms with Crippen LogP contribution in [0.25, 0.3) is 0 Å². The average molecular weight is 184 g/mol. The van der Waals surface area contributed by atoms with Crippen LogP contribution in [-0.4, -0.2) is 55.7 Å². The average Bonchev–Trinajstić information content (AvgIpc) is 2.16. The van der Waals surface area contributed by atoms with Gasteiger partial charge in [0.1, 0.15) is 0 Å². The molecular weight excluding hydrogens is 170 g/mol. The zero-order valence-electron chi connectivity index (χ0n) is 7.48. The number of morpholine rings is 2. The second kappa shape index (κ2) is 3.61. The highest BCUT2D eigenvalue weighted by atomic mass is 16.5. The van der Waals surface area contributed by atoms with Crippen LogP contribution in [0.5, 0.6) is 0 Å². The molecule has 1 amide bonds. The van der Waals surface area contributed by atoms with Gasteiger partial charge in [0.25, 0.3) is 0 Å². The van der Waals surface area contributed by atoms with E-state index in [1.54, 1.807) is 4.90 Å². The number of hydrogen-bond donors (Lipinski definition) is 1. The van der Waals surface area contributed by atoms with E-state index in [1.807, 2.05) is 0 Å². The summed E-state index contributed by atoms with van der Waals surface area (Å²) in [6.45, 7) is 2.82. The smallest absolute Gasteiger partial charge is 0.236 e. The lowest BCUT2D eigenvalue weighted by Gasteiger charge is -2.41. The molecule has 2 bridgehead atoms. The predicted octanol–water partition coefficient (Wildman–Crippen LogP) is -1.84. The van der Waals surface area contributed by atoms with Gasteiger partial charge in [-0.05, 0) is 0 Å². The number of hydrogen-bond acceptors (Lipinski definition) is 3. The maximum Gasteiger partial charge on any atom is 0.236 e. The highest BCUT2D eigenvalue weighted by Gasteiger charge is 2.33. The highest BCUT2D eigenvalue weighted by molar-refractivity contribution is 5.78. The van der Waals surface area contributed by atoms with Crippen LogP contribution in [0.1, 0.15) is 0 Å². The van der Waals surface area contributed by atoms with Gasteiger partial charge in [0.05, 0.1) is 18.8 Å². The summed E-state index contributed by atoms with van der Waals surface area (Å²) in [6.07, 6.45) is 0.200. The second-order valence-corrected chi connectivity index (χ2v) is 3.47. The molecule has 0 saturated carbocycles. The van der Waals surface area contributed by atoms with Gasteiger partial charge in [0, 0.05) is 26.2 Å². The fourth-order valence-corrected chi connectivity index (χ4v) is 1.82. The van der Waals surface area contributed by atoms with Gasteiger partial charge in [-0.25, -0.2) is 5.32 Å². The maximum atomic E-state index is 11.3. The Hall–Kier alpha value is -0.650. The molecule has 0 spiro atoms. The molecule has 0 aromatic carbocycles. The van der Waals surface area contributed by atoms with Gasteiger partial charge in [0.2, 0.25) is 5.91 Å². The van der Waals surface area contributed by atoms with Crippen LogP contribution >= 0.6 is 0 Å². The lowest BCUT2D eigenvalue weighted by molar-refractivity contribution is -0.148.